The van der Waals surface area contributed by atoms with Crippen molar-refractivity contribution >= 4 is 0 Å². The standard InChI is InChI=1S/C17H24FN3/c1-5-19-10-6-7-16-13(3)20-21(14(16)4)17-9-8-15(18)11-12(17)2/h8-9,11,19H,5-7,10H2,1-4H3. The molecule has 0 fully saturated rings. The van der Waals surface area contributed by atoms with Gasteiger partial charge in [0.2, 0.25) is 0 Å². The molecule has 114 valence electrons. The largest absolute Gasteiger partial charge is 0.317 e. The number of halogens is 1. The van der Waals surface area contributed by atoms with Gasteiger partial charge in [0.25, 0.3) is 0 Å². The molecule has 1 N–H and O–H groups in total. The second kappa shape index (κ2) is 6.85. The Kier molecular flexibility index (Phi) is 5.12. The molecule has 1 aromatic heterocycles. The monoisotopic (exact) mass is 289 g/mol. The number of aryl methyl sites for hydroxylation is 2. The second-order valence-electron chi connectivity index (χ2n) is 5.45. The Hall–Kier alpha value is -1.68. The molecular formula is C17H24FN3. The Morgan fingerprint density at radius 2 is 2.00 bits per heavy atom. The number of nitrogens with one attached hydrogen (secondary N) is 1. The average Bonchev–Trinajstić information content (AvgIpc) is 2.71. The lowest BCUT2D eigenvalue weighted by Gasteiger charge is -2.09. The van der Waals surface area contributed by atoms with Crippen LogP contribution in [0.2, 0.25) is 0 Å². The van der Waals surface area contributed by atoms with Crippen LogP contribution in [0.4, 0.5) is 4.39 Å². The van der Waals surface area contributed by atoms with Crippen LogP contribution in [0.25, 0.3) is 5.69 Å². The molecule has 1 heterocycles. The van der Waals surface area contributed by atoms with E-state index in [0.717, 1.165) is 48.6 Å². The maximum Gasteiger partial charge on any atom is 0.123 e. The fourth-order valence-corrected chi connectivity index (χ4v) is 2.69. The third kappa shape index (κ3) is 3.50. The molecule has 4 heteroatoms. The summed E-state index contributed by atoms with van der Waals surface area (Å²) in [5, 5.41) is 7.99. The van der Waals surface area contributed by atoms with Gasteiger partial charge in [-0.25, -0.2) is 9.07 Å². The lowest BCUT2D eigenvalue weighted by Crippen LogP contribution is -2.14. The van der Waals surface area contributed by atoms with E-state index in [1.807, 2.05) is 18.5 Å². The first kappa shape index (κ1) is 15.7. The van der Waals surface area contributed by atoms with E-state index in [0.29, 0.717) is 0 Å². The molecule has 2 rings (SSSR count). The highest BCUT2D eigenvalue weighted by molar-refractivity contribution is 5.43. The van der Waals surface area contributed by atoms with Crippen LogP contribution in [0.1, 0.15) is 35.9 Å². The molecule has 0 amide bonds. The zero-order chi connectivity index (χ0) is 15.4. The van der Waals surface area contributed by atoms with E-state index in [-0.39, 0.29) is 5.82 Å². The van der Waals surface area contributed by atoms with E-state index in [1.54, 1.807) is 12.1 Å². The van der Waals surface area contributed by atoms with Gasteiger partial charge in [-0.2, -0.15) is 5.10 Å². The molecule has 0 bridgehead atoms. The zero-order valence-corrected chi connectivity index (χ0v) is 13.3. The summed E-state index contributed by atoms with van der Waals surface area (Å²) < 4.78 is 15.2. The topological polar surface area (TPSA) is 29.9 Å². The summed E-state index contributed by atoms with van der Waals surface area (Å²) in [6, 6.07) is 4.84. The Morgan fingerprint density at radius 3 is 2.67 bits per heavy atom. The van der Waals surface area contributed by atoms with Gasteiger partial charge in [0, 0.05) is 5.69 Å². The lowest BCUT2D eigenvalue weighted by molar-refractivity contribution is 0.625. The van der Waals surface area contributed by atoms with Gasteiger partial charge in [0.1, 0.15) is 5.82 Å². The molecule has 0 spiro atoms. The number of aromatic nitrogens is 2. The molecule has 0 saturated carbocycles. The van der Waals surface area contributed by atoms with E-state index in [4.69, 9.17) is 0 Å². The van der Waals surface area contributed by atoms with Gasteiger partial charge in [0.05, 0.1) is 11.4 Å². The third-order valence-corrected chi connectivity index (χ3v) is 3.86. The predicted octanol–water partition coefficient (Wildman–Crippen LogP) is 3.48. The van der Waals surface area contributed by atoms with Crippen LogP contribution in [0.3, 0.4) is 0 Å². The summed E-state index contributed by atoms with van der Waals surface area (Å²) in [5.74, 6) is -0.205. The van der Waals surface area contributed by atoms with Crippen molar-refractivity contribution in [3.8, 4) is 5.69 Å². The normalized spacial score (nSPS) is 11.1. The minimum Gasteiger partial charge on any atom is -0.317 e. The van der Waals surface area contributed by atoms with E-state index in [1.165, 1.54) is 11.6 Å². The second-order valence-corrected chi connectivity index (χ2v) is 5.45. The van der Waals surface area contributed by atoms with Crippen LogP contribution in [-0.4, -0.2) is 22.9 Å². The van der Waals surface area contributed by atoms with E-state index < -0.39 is 0 Å². The molecular weight excluding hydrogens is 265 g/mol. The molecule has 0 aliphatic heterocycles. The van der Waals surface area contributed by atoms with Gasteiger partial charge in [-0.15, -0.1) is 0 Å². The highest BCUT2D eigenvalue weighted by Crippen LogP contribution is 2.22. The highest BCUT2D eigenvalue weighted by Gasteiger charge is 2.14. The highest BCUT2D eigenvalue weighted by atomic mass is 19.1. The quantitative estimate of drug-likeness (QED) is 0.825. The third-order valence-electron chi connectivity index (χ3n) is 3.86. The maximum atomic E-state index is 13.3. The van der Waals surface area contributed by atoms with Crippen LogP contribution in [-0.2, 0) is 6.42 Å². The summed E-state index contributed by atoms with van der Waals surface area (Å²) in [5.41, 5.74) is 5.37. The Balaban J connectivity index is 2.26. The van der Waals surface area contributed by atoms with Gasteiger partial charge in [-0.05, 0) is 76.0 Å². The van der Waals surface area contributed by atoms with Crippen molar-refractivity contribution < 1.29 is 4.39 Å². The fraction of sp³-hybridized carbons (Fsp3) is 0.471. The number of benzene rings is 1. The van der Waals surface area contributed by atoms with Gasteiger partial charge >= 0.3 is 0 Å². The molecule has 0 aliphatic rings. The van der Waals surface area contributed by atoms with Crippen LogP contribution in [0.15, 0.2) is 18.2 Å². The fourth-order valence-electron chi connectivity index (χ4n) is 2.69. The minimum absolute atomic E-state index is 0.205. The lowest BCUT2D eigenvalue weighted by atomic mass is 10.1. The van der Waals surface area contributed by atoms with Crippen LogP contribution < -0.4 is 5.32 Å². The number of hydrogen-bond donors (Lipinski definition) is 1. The predicted molar refractivity (Wildman–Crippen MR) is 84.6 cm³/mol. The molecule has 1 aromatic carbocycles. The minimum atomic E-state index is -0.205. The van der Waals surface area contributed by atoms with Crippen molar-refractivity contribution in [3.05, 3.63) is 46.5 Å². The average molecular weight is 289 g/mol. The smallest absolute Gasteiger partial charge is 0.123 e. The summed E-state index contributed by atoms with van der Waals surface area (Å²) in [6.45, 7) is 10.2. The first-order valence-corrected chi connectivity index (χ1v) is 7.57. The number of nitrogens with zero attached hydrogens (tertiary/aromatic N) is 2. The molecule has 0 saturated heterocycles. The maximum absolute atomic E-state index is 13.3. The SMILES string of the molecule is CCNCCCc1c(C)nn(-c2ccc(F)cc2C)c1C. The molecule has 21 heavy (non-hydrogen) atoms. The van der Waals surface area contributed by atoms with Gasteiger partial charge < -0.3 is 5.32 Å². The number of rotatable bonds is 6. The van der Waals surface area contributed by atoms with Crippen LogP contribution >= 0.6 is 0 Å². The Morgan fingerprint density at radius 1 is 1.24 bits per heavy atom. The van der Waals surface area contributed by atoms with Crippen molar-refractivity contribution in [3.63, 3.8) is 0 Å². The van der Waals surface area contributed by atoms with Crippen molar-refractivity contribution in [1.29, 1.82) is 0 Å². The summed E-state index contributed by atoms with van der Waals surface area (Å²) in [7, 11) is 0. The van der Waals surface area contributed by atoms with Crippen LogP contribution in [0, 0.1) is 26.6 Å². The molecule has 0 atom stereocenters. The van der Waals surface area contributed by atoms with E-state index in [9.17, 15) is 4.39 Å². The van der Waals surface area contributed by atoms with Crippen molar-refractivity contribution in [2.24, 2.45) is 0 Å². The van der Waals surface area contributed by atoms with Gasteiger partial charge in [-0.1, -0.05) is 6.92 Å². The first-order valence-electron chi connectivity index (χ1n) is 7.57. The van der Waals surface area contributed by atoms with E-state index in [2.05, 4.69) is 24.3 Å². The van der Waals surface area contributed by atoms with Crippen molar-refractivity contribution in [1.82, 2.24) is 15.1 Å². The molecule has 0 radical (unpaired) electrons. The summed E-state index contributed by atoms with van der Waals surface area (Å²) in [4.78, 5) is 0. The molecule has 2 aromatic rings. The van der Waals surface area contributed by atoms with Gasteiger partial charge in [0.15, 0.2) is 0 Å². The van der Waals surface area contributed by atoms with Gasteiger partial charge in [-0.3, -0.25) is 0 Å². The van der Waals surface area contributed by atoms with Crippen molar-refractivity contribution in [2.45, 2.75) is 40.5 Å². The Labute approximate surface area is 126 Å². The number of hydrogen-bond acceptors (Lipinski definition) is 2. The molecule has 0 aliphatic carbocycles. The molecule has 3 nitrogen and oxygen atoms in total. The molecule has 0 unspecified atom stereocenters. The Bertz CT molecular complexity index is 617. The van der Waals surface area contributed by atoms with Crippen LogP contribution in [0.5, 0.6) is 0 Å². The summed E-state index contributed by atoms with van der Waals surface area (Å²) in [6.07, 6.45) is 2.12. The zero-order valence-electron chi connectivity index (χ0n) is 13.3. The van der Waals surface area contributed by atoms with E-state index >= 15 is 0 Å². The van der Waals surface area contributed by atoms with Crippen molar-refractivity contribution in [2.75, 3.05) is 13.1 Å². The summed E-state index contributed by atoms with van der Waals surface area (Å²) >= 11 is 0. The first-order chi connectivity index (χ1) is 10.0.